The second-order valence-corrected chi connectivity index (χ2v) is 10.8. The normalized spacial score (nSPS) is 15.0. The number of ether oxygens (including phenoxy) is 1. The second-order valence-electron chi connectivity index (χ2n) is 10.8. The largest absolute Gasteiger partial charge is 0.392 e. The van der Waals surface area contributed by atoms with Crippen LogP contribution in [0, 0.1) is 5.82 Å². The number of carbonyl (C=O) groups excluding carboxylic acids is 2. The monoisotopic (exact) mass is 593 g/mol. The summed E-state index contributed by atoms with van der Waals surface area (Å²) in [5.41, 5.74) is 4.42. The SMILES string of the molecule is O=C(Nc1nccc(-c2ncnc3[nH]c(-c4ccc(C(=O)N5CCOCC5)cn4)cc23)c1CO)c1ccc(C2CC2)cc1F. The third-order valence-corrected chi connectivity index (χ3v) is 8.00. The zero-order valence-electron chi connectivity index (χ0n) is 23.6. The molecule has 0 spiro atoms. The number of aliphatic hydroxyl groups is 1. The molecule has 11 nitrogen and oxygen atoms in total. The van der Waals surface area contributed by atoms with Gasteiger partial charge in [0.2, 0.25) is 0 Å². The van der Waals surface area contributed by atoms with Crippen LogP contribution in [-0.2, 0) is 11.3 Å². The van der Waals surface area contributed by atoms with E-state index in [1.54, 1.807) is 35.4 Å². The number of nitrogens with one attached hydrogen (secondary N) is 2. The lowest BCUT2D eigenvalue weighted by Gasteiger charge is -2.26. The summed E-state index contributed by atoms with van der Waals surface area (Å²) in [6, 6.07) is 11.7. The number of aliphatic hydroxyl groups excluding tert-OH is 1. The maximum Gasteiger partial charge on any atom is 0.259 e. The Morgan fingerprint density at radius 2 is 1.89 bits per heavy atom. The Morgan fingerprint density at radius 3 is 2.61 bits per heavy atom. The molecule has 7 rings (SSSR count). The minimum Gasteiger partial charge on any atom is -0.392 e. The molecule has 1 aromatic carbocycles. The number of morpholine rings is 1. The molecule has 1 aliphatic carbocycles. The molecule has 1 saturated heterocycles. The molecule has 1 saturated carbocycles. The Labute approximate surface area is 251 Å². The van der Waals surface area contributed by atoms with Crippen LogP contribution in [-0.4, -0.2) is 73.0 Å². The number of hydrogen-bond acceptors (Lipinski definition) is 8. The summed E-state index contributed by atoms with van der Waals surface area (Å²) >= 11 is 0. The van der Waals surface area contributed by atoms with Crippen LogP contribution in [0.2, 0.25) is 0 Å². The van der Waals surface area contributed by atoms with Gasteiger partial charge in [-0.05, 0) is 60.7 Å². The molecule has 0 unspecified atom stereocenters. The molecule has 5 aromatic rings. The molecule has 0 atom stereocenters. The number of carbonyl (C=O) groups is 2. The van der Waals surface area contributed by atoms with Crippen molar-refractivity contribution in [1.29, 1.82) is 0 Å². The van der Waals surface area contributed by atoms with Crippen molar-refractivity contribution < 1.29 is 23.8 Å². The molecule has 0 bridgehead atoms. The first-order valence-corrected chi connectivity index (χ1v) is 14.4. The van der Waals surface area contributed by atoms with Crippen molar-refractivity contribution in [2.24, 2.45) is 0 Å². The molecule has 2 fully saturated rings. The van der Waals surface area contributed by atoms with Gasteiger partial charge in [0.15, 0.2) is 0 Å². The van der Waals surface area contributed by atoms with Crippen molar-refractivity contribution in [1.82, 2.24) is 29.8 Å². The van der Waals surface area contributed by atoms with Crippen LogP contribution in [0.3, 0.4) is 0 Å². The fraction of sp³-hybridized carbons (Fsp3) is 0.250. The van der Waals surface area contributed by atoms with Crippen LogP contribution in [0.1, 0.15) is 50.6 Å². The lowest BCUT2D eigenvalue weighted by molar-refractivity contribution is 0.0302. The van der Waals surface area contributed by atoms with Gasteiger partial charge in [0.1, 0.15) is 23.6 Å². The van der Waals surface area contributed by atoms with Gasteiger partial charge in [-0.25, -0.2) is 19.3 Å². The molecule has 4 aromatic heterocycles. The first-order valence-electron chi connectivity index (χ1n) is 14.4. The summed E-state index contributed by atoms with van der Waals surface area (Å²) in [5.74, 6) is -0.891. The fourth-order valence-electron chi connectivity index (χ4n) is 5.46. The van der Waals surface area contributed by atoms with Crippen LogP contribution >= 0.6 is 0 Å². The molecule has 1 aliphatic heterocycles. The number of pyridine rings is 2. The van der Waals surface area contributed by atoms with E-state index in [-0.39, 0.29) is 17.3 Å². The number of fused-ring (bicyclic) bond motifs is 1. The minimum atomic E-state index is -0.664. The van der Waals surface area contributed by atoms with Crippen LogP contribution in [0.15, 0.2) is 61.2 Å². The summed E-state index contributed by atoms with van der Waals surface area (Å²) in [4.78, 5) is 48.5. The van der Waals surface area contributed by atoms with E-state index >= 15 is 0 Å². The number of rotatable bonds is 7. The summed E-state index contributed by atoms with van der Waals surface area (Å²) in [7, 11) is 0. The van der Waals surface area contributed by atoms with Crippen molar-refractivity contribution in [3.63, 3.8) is 0 Å². The maximum atomic E-state index is 14.8. The van der Waals surface area contributed by atoms with Gasteiger partial charge in [0.05, 0.1) is 48.0 Å². The van der Waals surface area contributed by atoms with E-state index in [0.29, 0.717) is 77.0 Å². The average molecular weight is 594 g/mol. The number of amides is 2. The zero-order valence-corrected chi connectivity index (χ0v) is 23.6. The lowest BCUT2D eigenvalue weighted by Crippen LogP contribution is -2.40. The molecule has 3 N–H and O–H groups in total. The van der Waals surface area contributed by atoms with Gasteiger partial charge in [0, 0.05) is 42.0 Å². The number of H-pyrrole nitrogens is 1. The molecule has 0 radical (unpaired) electrons. The molecule has 44 heavy (non-hydrogen) atoms. The number of benzene rings is 1. The standard InChI is InChI=1S/C32H28FN7O4/c33-25-13-19(18-1-2-18)3-5-22(25)31(42)39-30-24(16-41)21(7-8-34-30)28-23-14-27(38-29(23)37-17-36-28)26-6-4-20(15-35-26)32(43)40-9-11-44-12-10-40/h3-8,13-15,17-18,41H,1-2,9-12,16H2,(H,34,39,42)(H,36,37,38). The highest BCUT2D eigenvalue weighted by atomic mass is 19.1. The topological polar surface area (TPSA) is 146 Å². The van der Waals surface area contributed by atoms with Crippen LogP contribution < -0.4 is 5.32 Å². The number of nitrogens with zero attached hydrogens (tertiary/aromatic N) is 5. The highest BCUT2D eigenvalue weighted by Gasteiger charge is 2.26. The van der Waals surface area contributed by atoms with Crippen molar-refractivity contribution in [2.75, 3.05) is 31.6 Å². The molecule has 12 heteroatoms. The molecule has 5 heterocycles. The van der Waals surface area contributed by atoms with Gasteiger partial charge in [0.25, 0.3) is 11.8 Å². The first-order chi connectivity index (χ1) is 21.5. The number of aromatic nitrogens is 5. The highest BCUT2D eigenvalue weighted by molar-refractivity contribution is 6.05. The number of aromatic amines is 1. The van der Waals surface area contributed by atoms with Gasteiger partial charge >= 0.3 is 0 Å². The van der Waals surface area contributed by atoms with E-state index in [1.165, 1.54) is 24.7 Å². The third kappa shape index (κ3) is 5.29. The predicted octanol–water partition coefficient (Wildman–Crippen LogP) is 4.32. The van der Waals surface area contributed by atoms with Crippen LogP contribution in [0.25, 0.3) is 33.7 Å². The Kier molecular flexibility index (Phi) is 7.28. The van der Waals surface area contributed by atoms with Crippen LogP contribution in [0.4, 0.5) is 10.2 Å². The van der Waals surface area contributed by atoms with Gasteiger partial charge in [-0.1, -0.05) is 6.07 Å². The summed E-state index contributed by atoms with van der Waals surface area (Å²) in [5, 5.41) is 13.7. The number of hydrogen-bond donors (Lipinski definition) is 3. The van der Waals surface area contributed by atoms with E-state index in [0.717, 1.165) is 18.4 Å². The molecule has 222 valence electrons. The molecule has 2 amide bonds. The Balaban J connectivity index is 1.17. The lowest BCUT2D eigenvalue weighted by atomic mass is 10.0. The molecule has 2 aliphatic rings. The minimum absolute atomic E-state index is 0.0905. The highest BCUT2D eigenvalue weighted by Crippen LogP contribution is 2.40. The Bertz CT molecular complexity index is 1880. The smallest absolute Gasteiger partial charge is 0.259 e. The first kappa shape index (κ1) is 27.7. The summed E-state index contributed by atoms with van der Waals surface area (Å²) < 4.78 is 20.1. The third-order valence-electron chi connectivity index (χ3n) is 8.00. The van der Waals surface area contributed by atoms with Gasteiger partial charge < -0.3 is 25.0 Å². The molecular formula is C32H28FN7O4. The van der Waals surface area contributed by atoms with E-state index < -0.39 is 18.3 Å². The van der Waals surface area contributed by atoms with Crippen molar-refractivity contribution >= 4 is 28.7 Å². The Morgan fingerprint density at radius 1 is 1.05 bits per heavy atom. The van der Waals surface area contributed by atoms with E-state index in [1.807, 2.05) is 6.07 Å². The Hall–Kier alpha value is -5.07. The number of halogens is 1. The van der Waals surface area contributed by atoms with Gasteiger partial charge in [-0.15, -0.1) is 0 Å². The van der Waals surface area contributed by atoms with Gasteiger partial charge in [-0.2, -0.15) is 0 Å². The van der Waals surface area contributed by atoms with Crippen LogP contribution in [0.5, 0.6) is 0 Å². The van der Waals surface area contributed by atoms with E-state index in [9.17, 15) is 19.1 Å². The summed E-state index contributed by atoms with van der Waals surface area (Å²) in [6.45, 7) is 1.68. The number of anilines is 1. The van der Waals surface area contributed by atoms with E-state index in [4.69, 9.17) is 4.74 Å². The molecular weight excluding hydrogens is 565 g/mol. The van der Waals surface area contributed by atoms with Crippen molar-refractivity contribution in [3.8, 4) is 22.6 Å². The van der Waals surface area contributed by atoms with Crippen molar-refractivity contribution in [3.05, 3.63) is 89.3 Å². The van der Waals surface area contributed by atoms with Crippen molar-refractivity contribution in [2.45, 2.75) is 25.4 Å². The average Bonchev–Trinajstić information content (AvgIpc) is 3.82. The van der Waals surface area contributed by atoms with Gasteiger partial charge in [-0.3, -0.25) is 14.6 Å². The predicted molar refractivity (Wildman–Crippen MR) is 159 cm³/mol. The second kappa shape index (κ2) is 11.5. The van der Waals surface area contributed by atoms with E-state index in [2.05, 4.69) is 30.2 Å². The fourth-order valence-corrected chi connectivity index (χ4v) is 5.46. The zero-order chi connectivity index (χ0) is 30.2. The maximum absolute atomic E-state index is 14.8. The quantitative estimate of drug-likeness (QED) is 0.253. The summed E-state index contributed by atoms with van der Waals surface area (Å²) in [6.07, 6.45) is 6.49.